The van der Waals surface area contributed by atoms with Crippen LogP contribution in [0.3, 0.4) is 0 Å². The van der Waals surface area contributed by atoms with Crippen LogP contribution in [0, 0.1) is 0 Å². The van der Waals surface area contributed by atoms with Gasteiger partial charge in [-0.3, -0.25) is 0 Å². The van der Waals surface area contributed by atoms with E-state index in [2.05, 4.69) is 33.5 Å². The first-order chi connectivity index (χ1) is 10.2. The van der Waals surface area contributed by atoms with Crippen LogP contribution in [0.15, 0.2) is 12.1 Å². The topological polar surface area (TPSA) is 43.2 Å². The standard InChI is InChI=1S/C15H21ClN4O/c1-10-5-4-6-11(2)19(10)20-13(9-16)17-12-7-8-14(21-3)18-15(12)20/h7-8,10-11H,4-6,9H2,1-3H3. The smallest absolute Gasteiger partial charge is 0.215 e. The summed E-state index contributed by atoms with van der Waals surface area (Å²) in [7, 11) is 1.63. The summed E-state index contributed by atoms with van der Waals surface area (Å²) in [5.74, 6) is 1.81. The van der Waals surface area contributed by atoms with E-state index in [-0.39, 0.29) is 0 Å². The van der Waals surface area contributed by atoms with Crippen LogP contribution in [0.4, 0.5) is 0 Å². The van der Waals surface area contributed by atoms with Crippen molar-refractivity contribution in [2.75, 3.05) is 12.1 Å². The zero-order valence-electron chi connectivity index (χ0n) is 12.7. The maximum absolute atomic E-state index is 6.12. The number of methoxy groups -OCH3 is 1. The van der Waals surface area contributed by atoms with Gasteiger partial charge in [0, 0.05) is 18.2 Å². The molecule has 1 aliphatic rings. The molecule has 114 valence electrons. The fourth-order valence-corrected chi connectivity index (χ4v) is 3.39. The molecule has 21 heavy (non-hydrogen) atoms. The molecule has 2 aromatic rings. The molecule has 1 fully saturated rings. The van der Waals surface area contributed by atoms with Crippen LogP contribution >= 0.6 is 11.6 Å². The molecule has 6 heteroatoms. The minimum absolute atomic E-state index is 0.370. The number of imidazole rings is 1. The van der Waals surface area contributed by atoms with E-state index >= 15 is 0 Å². The van der Waals surface area contributed by atoms with Gasteiger partial charge < -0.3 is 9.75 Å². The third-order valence-electron chi connectivity index (χ3n) is 4.23. The van der Waals surface area contributed by atoms with E-state index in [1.807, 2.05) is 12.1 Å². The van der Waals surface area contributed by atoms with Gasteiger partial charge in [-0.05, 0) is 39.2 Å². The largest absolute Gasteiger partial charge is 0.481 e. The summed E-state index contributed by atoms with van der Waals surface area (Å²) < 4.78 is 7.35. The molecule has 0 spiro atoms. The summed E-state index contributed by atoms with van der Waals surface area (Å²) in [5.41, 5.74) is 1.68. The third-order valence-corrected chi connectivity index (χ3v) is 4.47. The van der Waals surface area contributed by atoms with Crippen LogP contribution in [0.25, 0.3) is 11.2 Å². The highest BCUT2D eigenvalue weighted by molar-refractivity contribution is 6.16. The van der Waals surface area contributed by atoms with Crippen LogP contribution in [0.5, 0.6) is 5.88 Å². The molecular formula is C15H21ClN4O. The van der Waals surface area contributed by atoms with Gasteiger partial charge in [-0.25, -0.2) is 9.66 Å². The first kappa shape index (κ1) is 14.4. The normalized spacial score (nSPS) is 22.8. The van der Waals surface area contributed by atoms with Gasteiger partial charge in [0.1, 0.15) is 11.3 Å². The van der Waals surface area contributed by atoms with Gasteiger partial charge in [0.15, 0.2) is 5.65 Å². The summed E-state index contributed by atoms with van der Waals surface area (Å²) in [5, 5.41) is 2.36. The van der Waals surface area contributed by atoms with E-state index in [9.17, 15) is 0 Å². The Bertz CT molecular complexity index is 632. The molecule has 1 aliphatic heterocycles. The average Bonchev–Trinajstić information content (AvgIpc) is 2.85. The number of ether oxygens (including phenoxy) is 1. The Hall–Kier alpha value is -1.49. The fourth-order valence-electron chi connectivity index (χ4n) is 3.22. The first-order valence-corrected chi connectivity index (χ1v) is 7.96. The molecule has 5 nitrogen and oxygen atoms in total. The first-order valence-electron chi connectivity index (χ1n) is 7.42. The van der Waals surface area contributed by atoms with Crippen molar-refractivity contribution in [1.82, 2.24) is 14.6 Å². The molecule has 0 radical (unpaired) electrons. The Morgan fingerprint density at radius 1 is 1.24 bits per heavy atom. The second-order valence-corrected chi connectivity index (χ2v) is 5.95. The fraction of sp³-hybridized carbons (Fsp3) is 0.600. The number of aromatic nitrogens is 3. The summed E-state index contributed by atoms with van der Waals surface area (Å²) in [6.45, 7) is 4.50. The van der Waals surface area contributed by atoms with E-state index in [1.54, 1.807) is 7.11 Å². The molecule has 0 saturated carbocycles. The van der Waals surface area contributed by atoms with Gasteiger partial charge in [0.05, 0.1) is 13.0 Å². The van der Waals surface area contributed by atoms with Crippen molar-refractivity contribution in [3.8, 4) is 5.88 Å². The highest BCUT2D eigenvalue weighted by Gasteiger charge is 2.28. The number of halogens is 1. The lowest BCUT2D eigenvalue weighted by molar-refractivity contribution is 0.335. The van der Waals surface area contributed by atoms with E-state index in [0.29, 0.717) is 23.8 Å². The molecule has 3 rings (SSSR count). The van der Waals surface area contributed by atoms with Gasteiger partial charge in [-0.15, -0.1) is 11.6 Å². The second-order valence-electron chi connectivity index (χ2n) is 5.68. The van der Waals surface area contributed by atoms with Gasteiger partial charge in [0.2, 0.25) is 5.88 Å². The number of pyridine rings is 1. The number of fused-ring (bicyclic) bond motifs is 1. The second kappa shape index (κ2) is 5.72. The summed E-state index contributed by atoms with van der Waals surface area (Å²) in [6.07, 6.45) is 3.61. The van der Waals surface area contributed by atoms with Gasteiger partial charge in [0.25, 0.3) is 0 Å². The number of hydrogen-bond donors (Lipinski definition) is 0. The van der Waals surface area contributed by atoms with Crippen molar-refractivity contribution in [3.05, 3.63) is 18.0 Å². The SMILES string of the molecule is COc1ccc2nc(CCl)n(N3C(C)CCCC3C)c2n1. The Kier molecular flexibility index (Phi) is 3.93. The number of alkyl halides is 1. The van der Waals surface area contributed by atoms with Crippen molar-refractivity contribution in [1.29, 1.82) is 0 Å². The highest BCUT2D eigenvalue weighted by Crippen LogP contribution is 2.26. The average molecular weight is 309 g/mol. The predicted molar refractivity (Wildman–Crippen MR) is 84.6 cm³/mol. The van der Waals surface area contributed by atoms with Crippen molar-refractivity contribution < 1.29 is 4.74 Å². The molecule has 0 bridgehead atoms. The zero-order valence-corrected chi connectivity index (χ0v) is 13.5. The molecule has 2 atom stereocenters. The Balaban J connectivity index is 2.18. The lowest BCUT2D eigenvalue weighted by Crippen LogP contribution is -2.51. The highest BCUT2D eigenvalue weighted by atomic mass is 35.5. The Morgan fingerprint density at radius 2 is 1.95 bits per heavy atom. The van der Waals surface area contributed by atoms with Crippen molar-refractivity contribution >= 4 is 22.8 Å². The lowest BCUT2D eigenvalue weighted by atomic mass is 10.00. The molecule has 2 unspecified atom stereocenters. The lowest BCUT2D eigenvalue weighted by Gasteiger charge is -2.41. The van der Waals surface area contributed by atoms with Crippen molar-refractivity contribution in [2.24, 2.45) is 0 Å². The monoisotopic (exact) mass is 308 g/mol. The predicted octanol–water partition coefficient (Wildman–Crippen LogP) is 3.08. The molecule has 0 aromatic carbocycles. The van der Waals surface area contributed by atoms with Gasteiger partial charge in [-0.1, -0.05) is 0 Å². The van der Waals surface area contributed by atoms with Crippen molar-refractivity contribution in [3.63, 3.8) is 0 Å². The third kappa shape index (κ3) is 2.44. The summed E-state index contributed by atoms with van der Waals surface area (Å²) in [4.78, 5) is 9.21. The minimum Gasteiger partial charge on any atom is -0.481 e. The Morgan fingerprint density at radius 3 is 2.57 bits per heavy atom. The minimum atomic E-state index is 0.370. The Labute approximate surface area is 129 Å². The van der Waals surface area contributed by atoms with Crippen LogP contribution in [0.1, 0.15) is 38.9 Å². The molecule has 0 amide bonds. The molecule has 0 aliphatic carbocycles. The maximum Gasteiger partial charge on any atom is 0.215 e. The van der Waals surface area contributed by atoms with E-state index < -0.39 is 0 Å². The van der Waals surface area contributed by atoms with Gasteiger partial charge >= 0.3 is 0 Å². The van der Waals surface area contributed by atoms with Crippen LogP contribution in [-0.2, 0) is 5.88 Å². The zero-order chi connectivity index (χ0) is 15.0. The van der Waals surface area contributed by atoms with E-state index in [0.717, 1.165) is 17.0 Å². The number of piperidine rings is 1. The number of hydrogen-bond acceptors (Lipinski definition) is 4. The van der Waals surface area contributed by atoms with Crippen LogP contribution in [0.2, 0.25) is 0 Å². The summed E-state index contributed by atoms with van der Waals surface area (Å²) in [6, 6.07) is 4.66. The van der Waals surface area contributed by atoms with E-state index in [4.69, 9.17) is 16.3 Å². The van der Waals surface area contributed by atoms with Crippen molar-refractivity contribution in [2.45, 2.75) is 51.1 Å². The molecule has 3 heterocycles. The van der Waals surface area contributed by atoms with E-state index in [1.165, 1.54) is 19.3 Å². The maximum atomic E-state index is 6.12. The summed E-state index contributed by atoms with van der Waals surface area (Å²) >= 11 is 6.12. The molecule has 1 saturated heterocycles. The van der Waals surface area contributed by atoms with Crippen LogP contribution in [-0.4, -0.2) is 33.8 Å². The number of rotatable bonds is 3. The quantitative estimate of drug-likeness (QED) is 0.817. The molecule has 2 aromatic heterocycles. The van der Waals surface area contributed by atoms with Crippen LogP contribution < -0.4 is 9.75 Å². The number of nitrogens with zero attached hydrogens (tertiary/aromatic N) is 4. The molecule has 0 N–H and O–H groups in total. The van der Waals surface area contributed by atoms with Gasteiger partial charge in [-0.2, -0.15) is 4.98 Å². The molecular weight excluding hydrogens is 288 g/mol.